The predicted octanol–water partition coefficient (Wildman–Crippen LogP) is 1.05. The molecule has 9 nitrogen and oxygen atoms in total. The summed E-state index contributed by atoms with van der Waals surface area (Å²) in [6.07, 6.45) is 0.735. The molecular weight excluding hydrogens is 438 g/mol. The number of benzene rings is 2. The number of quaternary nitrogens is 1. The van der Waals surface area contributed by atoms with Crippen LogP contribution in [0.1, 0.15) is 39.4 Å². The lowest BCUT2D eigenvalue weighted by atomic mass is 9.87. The Morgan fingerprint density at radius 3 is 2.50 bits per heavy atom. The van der Waals surface area contributed by atoms with Crippen molar-refractivity contribution in [2.24, 2.45) is 0 Å². The fourth-order valence-corrected chi connectivity index (χ4v) is 5.45. The van der Waals surface area contributed by atoms with Crippen molar-refractivity contribution in [2.75, 3.05) is 27.5 Å². The molecule has 3 heterocycles. The maximum Gasteiger partial charge on any atom is 0.335 e. The van der Waals surface area contributed by atoms with Crippen LogP contribution in [-0.4, -0.2) is 42.2 Å². The molecule has 0 spiro atoms. The molecular formula is C25H28N3O6+. The minimum atomic E-state index is -0.687. The lowest BCUT2D eigenvalue weighted by Crippen LogP contribution is -3.10. The van der Waals surface area contributed by atoms with Crippen molar-refractivity contribution in [1.29, 1.82) is 0 Å². The van der Waals surface area contributed by atoms with Gasteiger partial charge in [-0.3, -0.25) is 9.78 Å². The highest BCUT2D eigenvalue weighted by Gasteiger charge is 2.41. The van der Waals surface area contributed by atoms with E-state index in [1.807, 2.05) is 46.0 Å². The summed E-state index contributed by atoms with van der Waals surface area (Å²) in [6.45, 7) is 6.52. The van der Waals surface area contributed by atoms with Gasteiger partial charge in [-0.2, -0.15) is 0 Å². The quantitative estimate of drug-likeness (QED) is 0.533. The normalized spacial score (nSPS) is 18.6. The Kier molecular flexibility index (Phi) is 5.16. The maximum absolute atomic E-state index is 13.2. The Bertz CT molecular complexity index is 1420. The van der Waals surface area contributed by atoms with Gasteiger partial charge >= 0.3 is 5.69 Å². The first kappa shape index (κ1) is 22.1. The third-order valence-corrected chi connectivity index (χ3v) is 6.79. The number of nitrogens with one attached hydrogen (secondary N) is 2. The topological polar surface area (TPSA) is 107 Å². The second-order valence-corrected chi connectivity index (χ2v) is 9.08. The number of aromatic hydroxyl groups is 1. The first-order valence-electron chi connectivity index (χ1n) is 11.2. The Morgan fingerprint density at radius 2 is 1.82 bits per heavy atom. The number of aromatic amines is 1. The summed E-state index contributed by atoms with van der Waals surface area (Å²) in [6, 6.07) is 5.20. The SMILES string of the molecule is COc1c2c(cc3c1[C@H](c1c(O)n(-c4c(C)cc(C)cc4C)c(=O)[nH]c1=O)[NH+](C)CC3)OCO2. The van der Waals surface area contributed by atoms with Crippen molar-refractivity contribution >= 4 is 0 Å². The molecule has 0 radical (unpaired) electrons. The van der Waals surface area contributed by atoms with Crippen molar-refractivity contribution in [3.8, 4) is 28.8 Å². The number of likely N-dealkylation sites (N-methyl/N-ethyl adjacent to an activating group) is 1. The molecule has 1 aromatic heterocycles. The molecule has 0 saturated heterocycles. The second-order valence-electron chi connectivity index (χ2n) is 9.08. The molecule has 34 heavy (non-hydrogen) atoms. The van der Waals surface area contributed by atoms with Gasteiger partial charge in [-0.25, -0.2) is 9.36 Å². The number of ether oxygens (including phenoxy) is 3. The summed E-state index contributed by atoms with van der Waals surface area (Å²) >= 11 is 0. The molecule has 0 fully saturated rings. The Balaban J connectivity index is 1.82. The Labute approximate surface area is 196 Å². The zero-order valence-corrected chi connectivity index (χ0v) is 19.9. The second kappa shape index (κ2) is 7.95. The third-order valence-electron chi connectivity index (χ3n) is 6.79. The van der Waals surface area contributed by atoms with E-state index in [4.69, 9.17) is 14.2 Å². The highest BCUT2D eigenvalue weighted by atomic mass is 16.7. The van der Waals surface area contributed by atoms with Crippen LogP contribution in [0.2, 0.25) is 0 Å². The van der Waals surface area contributed by atoms with Crippen LogP contribution in [-0.2, 0) is 6.42 Å². The Morgan fingerprint density at radius 1 is 1.12 bits per heavy atom. The summed E-state index contributed by atoms with van der Waals surface area (Å²) < 4.78 is 18.2. The summed E-state index contributed by atoms with van der Waals surface area (Å²) in [5, 5.41) is 11.5. The lowest BCUT2D eigenvalue weighted by Gasteiger charge is -2.33. The van der Waals surface area contributed by atoms with Crippen LogP contribution in [0.4, 0.5) is 0 Å². The molecule has 3 aromatic rings. The molecule has 0 aliphatic carbocycles. The van der Waals surface area contributed by atoms with Crippen molar-refractivity contribution in [2.45, 2.75) is 33.2 Å². The zero-order chi connectivity index (χ0) is 24.3. The molecule has 2 aromatic carbocycles. The zero-order valence-electron chi connectivity index (χ0n) is 19.9. The summed E-state index contributed by atoms with van der Waals surface area (Å²) in [5.74, 6) is 1.19. The fraction of sp³-hybridized carbons (Fsp3) is 0.360. The number of hydrogen-bond acceptors (Lipinski definition) is 6. The maximum atomic E-state index is 13.2. The summed E-state index contributed by atoms with van der Waals surface area (Å²) in [4.78, 5) is 29.6. The highest BCUT2D eigenvalue weighted by molar-refractivity contribution is 5.63. The number of fused-ring (bicyclic) bond motifs is 2. The van der Waals surface area contributed by atoms with Crippen LogP contribution in [0.25, 0.3) is 5.69 Å². The van der Waals surface area contributed by atoms with Gasteiger partial charge in [0.25, 0.3) is 5.56 Å². The van der Waals surface area contributed by atoms with Gasteiger partial charge in [-0.05, 0) is 43.5 Å². The monoisotopic (exact) mass is 466 g/mol. The van der Waals surface area contributed by atoms with E-state index in [2.05, 4.69) is 4.98 Å². The van der Waals surface area contributed by atoms with Gasteiger partial charge < -0.3 is 24.2 Å². The van der Waals surface area contributed by atoms with Gasteiger partial charge in [-0.15, -0.1) is 0 Å². The number of nitrogens with zero attached hydrogens (tertiary/aromatic N) is 1. The number of methoxy groups -OCH3 is 1. The molecule has 5 rings (SSSR count). The van der Waals surface area contributed by atoms with Crippen LogP contribution in [0.5, 0.6) is 23.1 Å². The van der Waals surface area contributed by atoms with E-state index in [0.717, 1.165) is 39.1 Å². The summed E-state index contributed by atoms with van der Waals surface area (Å²) in [7, 11) is 3.50. The van der Waals surface area contributed by atoms with Crippen LogP contribution in [0.3, 0.4) is 0 Å². The minimum absolute atomic E-state index is 0.0879. The van der Waals surface area contributed by atoms with Crippen molar-refractivity contribution in [3.05, 3.63) is 72.4 Å². The minimum Gasteiger partial charge on any atom is -0.494 e. The number of aromatic nitrogens is 2. The first-order chi connectivity index (χ1) is 16.2. The van der Waals surface area contributed by atoms with Crippen LogP contribution >= 0.6 is 0 Å². The molecule has 3 N–H and O–H groups in total. The average Bonchev–Trinajstić information content (AvgIpc) is 3.23. The third kappa shape index (κ3) is 3.19. The van der Waals surface area contributed by atoms with E-state index in [0.29, 0.717) is 29.5 Å². The highest BCUT2D eigenvalue weighted by Crippen LogP contribution is 2.48. The van der Waals surface area contributed by atoms with Crippen LogP contribution in [0.15, 0.2) is 27.8 Å². The van der Waals surface area contributed by atoms with E-state index in [1.54, 1.807) is 7.11 Å². The fourth-order valence-electron chi connectivity index (χ4n) is 5.45. The number of aryl methyl sites for hydroxylation is 3. The van der Waals surface area contributed by atoms with Gasteiger partial charge in [0.2, 0.25) is 18.4 Å². The van der Waals surface area contributed by atoms with E-state index < -0.39 is 17.3 Å². The van der Waals surface area contributed by atoms with E-state index in [9.17, 15) is 14.7 Å². The van der Waals surface area contributed by atoms with Crippen molar-refractivity contribution < 1.29 is 24.2 Å². The molecule has 2 aliphatic rings. The number of hydrogen-bond donors (Lipinski definition) is 3. The molecule has 0 amide bonds. The average molecular weight is 467 g/mol. The number of rotatable bonds is 3. The molecule has 0 saturated carbocycles. The smallest absolute Gasteiger partial charge is 0.335 e. The van der Waals surface area contributed by atoms with Gasteiger partial charge in [0.1, 0.15) is 5.56 Å². The van der Waals surface area contributed by atoms with Gasteiger partial charge in [0.15, 0.2) is 17.5 Å². The van der Waals surface area contributed by atoms with E-state index in [1.165, 1.54) is 4.57 Å². The largest absolute Gasteiger partial charge is 0.494 e. The predicted molar refractivity (Wildman–Crippen MR) is 125 cm³/mol. The molecule has 9 heteroatoms. The van der Waals surface area contributed by atoms with E-state index >= 15 is 0 Å². The van der Waals surface area contributed by atoms with Crippen molar-refractivity contribution in [3.63, 3.8) is 0 Å². The van der Waals surface area contributed by atoms with Gasteiger partial charge in [-0.1, -0.05) is 17.7 Å². The lowest BCUT2D eigenvalue weighted by molar-refractivity contribution is -0.908. The molecule has 1 unspecified atom stereocenters. The van der Waals surface area contributed by atoms with Gasteiger partial charge in [0, 0.05) is 6.42 Å². The van der Waals surface area contributed by atoms with Gasteiger partial charge in [0.05, 0.1) is 32.0 Å². The molecule has 178 valence electrons. The van der Waals surface area contributed by atoms with E-state index in [-0.39, 0.29) is 18.2 Å². The van der Waals surface area contributed by atoms with Crippen LogP contribution < -0.4 is 30.4 Å². The molecule has 2 aliphatic heterocycles. The molecule has 2 atom stereocenters. The van der Waals surface area contributed by atoms with Crippen molar-refractivity contribution in [1.82, 2.24) is 9.55 Å². The van der Waals surface area contributed by atoms with Crippen LogP contribution in [0, 0.1) is 20.8 Å². The summed E-state index contributed by atoms with van der Waals surface area (Å²) in [5.41, 5.74) is 3.73. The first-order valence-corrected chi connectivity index (χ1v) is 11.2. The standard InChI is InChI=1S/C25H27N3O6/c1-12-8-13(2)19(14(3)9-12)28-24(30)18(23(29)26-25(28)31)20-17-15(6-7-27(20)4)10-16-21(22(17)32-5)34-11-33-16/h8-10,20,30H,6-7,11H2,1-5H3,(H,26,29,31)/p+1/t20-/m1/s1. The number of H-pyrrole nitrogens is 1. The molecule has 0 bridgehead atoms. The Hall–Kier alpha value is -3.72.